The molecule has 5 heteroatoms. The van der Waals surface area contributed by atoms with Gasteiger partial charge in [-0.25, -0.2) is 0 Å². The van der Waals surface area contributed by atoms with Gasteiger partial charge >= 0.3 is 5.97 Å². The van der Waals surface area contributed by atoms with E-state index in [1.54, 1.807) is 0 Å². The van der Waals surface area contributed by atoms with Crippen LogP contribution in [0.5, 0.6) is 0 Å². The Kier molecular flexibility index (Phi) is 2.31. The van der Waals surface area contributed by atoms with Gasteiger partial charge in [0, 0.05) is 6.92 Å². The van der Waals surface area contributed by atoms with Crippen molar-refractivity contribution in [2.75, 3.05) is 13.1 Å². The van der Waals surface area contributed by atoms with E-state index >= 15 is 0 Å². The van der Waals surface area contributed by atoms with Crippen LogP contribution in [0.4, 0.5) is 0 Å². The Balaban J connectivity index is 2.73. The lowest BCUT2D eigenvalue weighted by molar-refractivity contribution is -0.196. The van der Waals surface area contributed by atoms with Crippen LogP contribution in [0.1, 0.15) is 20.8 Å². The quantitative estimate of drug-likeness (QED) is 0.642. The van der Waals surface area contributed by atoms with Gasteiger partial charge in [0.2, 0.25) is 5.91 Å². The molecule has 0 aromatic carbocycles. The number of carboxylic acid groups (broad SMARTS) is 1. The lowest BCUT2D eigenvalue weighted by Crippen LogP contribution is -2.71. The second kappa shape index (κ2) is 2.95. The van der Waals surface area contributed by atoms with Crippen molar-refractivity contribution in [1.82, 2.24) is 4.90 Å². The summed E-state index contributed by atoms with van der Waals surface area (Å²) in [7, 11) is 0. The summed E-state index contributed by atoms with van der Waals surface area (Å²) in [5.41, 5.74) is -2.52. The Hall–Kier alpha value is -1.10. The van der Waals surface area contributed by atoms with Crippen LogP contribution in [-0.2, 0) is 9.59 Å². The summed E-state index contributed by atoms with van der Waals surface area (Å²) in [6, 6.07) is 0. The molecular formula is C9H15NO4. The average Bonchev–Trinajstić information content (AvgIpc) is 1.97. The Bertz CT molecular complexity index is 279. The lowest BCUT2D eigenvalue weighted by atomic mass is 9.70. The van der Waals surface area contributed by atoms with E-state index in [2.05, 4.69) is 0 Å². The molecular weight excluding hydrogens is 186 g/mol. The molecule has 0 unspecified atom stereocenters. The van der Waals surface area contributed by atoms with Gasteiger partial charge in [-0.05, 0) is 13.8 Å². The zero-order valence-corrected chi connectivity index (χ0v) is 8.57. The van der Waals surface area contributed by atoms with Crippen LogP contribution in [0.25, 0.3) is 0 Å². The fourth-order valence-electron chi connectivity index (χ4n) is 1.40. The summed E-state index contributed by atoms with van der Waals surface area (Å²) in [5, 5.41) is 18.9. The third-order valence-electron chi connectivity index (χ3n) is 3.05. The molecule has 1 fully saturated rings. The minimum atomic E-state index is -1.30. The van der Waals surface area contributed by atoms with Gasteiger partial charge in [-0.15, -0.1) is 0 Å². The summed E-state index contributed by atoms with van der Waals surface area (Å²) in [5.74, 6) is -1.20. The number of hydrogen-bond acceptors (Lipinski definition) is 3. The van der Waals surface area contributed by atoms with Gasteiger partial charge in [-0.1, -0.05) is 0 Å². The van der Waals surface area contributed by atoms with Gasteiger partial charge in [0.25, 0.3) is 0 Å². The van der Waals surface area contributed by atoms with E-state index in [0.29, 0.717) is 0 Å². The van der Waals surface area contributed by atoms with Gasteiger partial charge in [0.1, 0.15) is 5.60 Å². The molecule has 1 heterocycles. The molecule has 0 aromatic heterocycles. The third kappa shape index (κ3) is 1.37. The van der Waals surface area contributed by atoms with E-state index in [9.17, 15) is 14.7 Å². The molecule has 80 valence electrons. The van der Waals surface area contributed by atoms with Gasteiger partial charge in [0.05, 0.1) is 18.5 Å². The highest BCUT2D eigenvalue weighted by molar-refractivity contribution is 5.78. The molecule has 5 nitrogen and oxygen atoms in total. The molecule has 0 aliphatic carbocycles. The maximum Gasteiger partial charge on any atom is 0.312 e. The molecule has 0 saturated carbocycles. The number of likely N-dealkylation sites (tertiary alicyclic amines) is 1. The number of nitrogens with zero attached hydrogens (tertiary/aromatic N) is 1. The number of rotatable bonds is 2. The van der Waals surface area contributed by atoms with Crippen LogP contribution >= 0.6 is 0 Å². The highest BCUT2D eigenvalue weighted by atomic mass is 16.4. The van der Waals surface area contributed by atoms with Gasteiger partial charge in [-0.3, -0.25) is 9.59 Å². The SMILES string of the molecule is CC(=O)N1CC(O)(C(C)(C)C(=O)O)C1. The number of amides is 1. The first-order valence-electron chi connectivity index (χ1n) is 4.42. The number of carbonyl (C=O) groups is 2. The van der Waals surface area contributed by atoms with Crippen molar-refractivity contribution in [3.63, 3.8) is 0 Å². The van der Waals surface area contributed by atoms with Crippen LogP contribution in [0.3, 0.4) is 0 Å². The predicted molar refractivity (Wildman–Crippen MR) is 48.6 cm³/mol. The lowest BCUT2D eigenvalue weighted by Gasteiger charge is -2.52. The van der Waals surface area contributed by atoms with Crippen molar-refractivity contribution < 1.29 is 19.8 Å². The number of carboxylic acids is 1. The van der Waals surface area contributed by atoms with Crippen molar-refractivity contribution in [3.8, 4) is 0 Å². The van der Waals surface area contributed by atoms with Crippen molar-refractivity contribution in [1.29, 1.82) is 0 Å². The van der Waals surface area contributed by atoms with Gasteiger partial charge < -0.3 is 15.1 Å². The number of aliphatic hydroxyl groups is 1. The molecule has 1 saturated heterocycles. The summed E-state index contributed by atoms with van der Waals surface area (Å²) in [4.78, 5) is 23.2. The summed E-state index contributed by atoms with van der Waals surface area (Å²) < 4.78 is 0. The Labute approximate surface area is 82.3 Å². The van der Waals surface area contributed by atoms with E-state index in [-0.39, 0.29) is 19.0 Å². The minimum absolute atomic E-state index is 0.0988. The Morgan fingerprint density at radius 3 is 2.07 bits per heavy atom. The molecule has 1 aliphatic rings. The van der Waals surface area contributed by atoms with Gasteiger partial charge in [0.15, 0.2) is 0 Å². The van der Waals surface area contributed by atoms with E-state index < -0.39 is 17.0 Å². The van der Waals surface area contributed by atoms with Crippen molar-refractivity contribution in [2.45, 2.75) is 26.4 Å². The number of carbonyl (C=O) groups excluding carboxylic acids is 1. The fraction of sp³-hybridized carbons (Fsp3) is 0.778. The minimum Gasteiger partial charge on any atom is -0.481 e. The smallest absolute Gasteiger partial charge is 0.312 e. The molecule has 1 aliphatic heterocycles. The number of β-amino-alcohol motifs (C(OH)–C–C–N with tert-alkyl or cyclic N) is 1. The monoisotopic (exact) mass is 201 g/mol. The second-order valence-electron chi connectivity index (χ2n) is 4.34. The molecule has 0 spiro atoms. The van der Waals surface area contributed by atoms with Crippen LogP contribution in [-0.4, -0.2) is 45.7 Å². The topological polar surface area (TPSA) is 77.8 Å². The van der Waals surface area contributed by atoms with E-state index in [1.165, 1.54) is 25.7 Å². The highest BCUT2D eigenvalue weighted by Gasteiger charge is 2.57. The summed E-state index contributed by atoms with van der Waals surface area (Å²) in [6.07, 6.45) is 0. The molecule has 1 amide bonds. The maximum absolute atomic E-state index is 10.9. The van der Waals surface area contributed by atoms with Crippen LogP contribution in [0, 0.1) is 5.41 Å². The van der Waals surface area contributed by atoms with E-state index in [0.717, 1.165) is 0 Å². The summed E-state index contributed by atoms with van der Waals surface area (Å²) in [6.45, 7) is 4.52. The second-order valence-corrected chi connectivity index (χ2v) is 4.34. The van der Waals surface area contributed by atoms with E-state index in [1.807, 2.05) is 0 Å². The molecule has 2 N–H and O–H groups in total. The van der Waals surface area contributed by atoms with Crippen molar-refractivity contribution >= 4 is 11.9 Å². The molecule has 0 bridgehead atoms. The Morgan fingerprint density at radius 1 is 1.36 bits per heavy atom. The van der Waals surface area contributed by atoms with E-state index in [4.69, 9.17) is 5.11 Å². The normalized spacial score (nSPS) is 20.1. The zero-order chi connectivity index (χ0) is 11.1. The fourth-order valence-corrected chi connectivity index (χ4v) is 1.40. The highest BCUT2D eigenvalue weighted by Crippen LogP contribution is 2.38. The molecule has 0 aromatic rings. The largest absolute Gasteiger partial charge is 0.481 e. The maximum atomic E-state index is 10.9. The molecule has 14 heavy (non-hydrogen) atoms. The van der Waals surface area contributed by atoms with Crippen LogP contribution in [0.2, 0.25) is 0 Å². The zero-order valence-electron chi connectivity index (χ0n) is 8.57. The first kappa shape index (κ1) is 11.0. The first-order chi connectivity index (χ1) is 6.21. The predicted octanol–water partition coefficient (Wildman–Crippen LogP) is -0.310. The van der Waals surface area contributed by atoms with Crippen molar-refractivity contribution in [2.24, 2.45) is 5.41 Å². The first-order valence-corrected chi connectivity index (χ1v) is 4.42. The van der Waals surface area contributed by atoms with Gasteiger partial charge in [-0.2, -0.15) is 0 Å². The molecule has 0 radical (unpaired) electrons. The van der Waals surface area contributed by atoms with Crippen molar-refractivity contribution in [3.05, 3.63) is 0 Å². The Morgan fingerprint density at radius 2 is 1.79 bits per heavy atom. The van der Waals surface area contributed by atoms with Crippen LogP contribution < -0.4 is 0 Å². The molecule has 0 atom stereocenters. The number of hydrogen-bond donors (Lipinski definition) is 2. The average molecular weight is 201 g/mol. The summed E-state index contributed by atoms with van der Waals surface area (Å²) >= 11 is 0. The number of aliphatic carboxylic acids is 1. The molecule has 1 rings (SSSR count). The third-order valence-corrected chi connectivity index (χ3v) is 3.05. The van der Waals surface area contributed by atoms with Crippen LogP contribution in [0.15, 0.2) is 0 Å². The standard InChI is InChI=1S/C9H15NO4/c1-6(11)10-4-9(14,5-10)8(2,3)7(12)13/h14H,4-5H2,1-3H3,(H,12,13).